The van der Waals surface area contributed by atoms with Crippen LogP contribution in [0.15, 0.2) is 12.3 Å². The fraction of sp³-hybridized carbons (Fsp3) is 0.611. The summed E-state index contributed by atoms with van der Waals surface area (Å²) in [5.41, 5.74) is 14.6. The molecule has 3 unspecified atom stereocenters. The van der Waals surface area contributed by atoms with Crippen molar-refractivity contribution in [2.45, 2.75) is 51.2 Å². The number of nitrogens with two attached hydrogens (primary N) is 1. The number of hydrogen-bond acceptors (Lipinski definition) is 6. The second kappa shape index (κ2) is 6.85. The van der Waals surface area contributed by atoms with E-state index >= 15 is 0 Å². The number of anilines is 1. The summed E-state index contributed by atoms with van der Waals surface area (Å²) in [6.07, 6.45) is 6.63. The highest BCUT2D eigenvalue weighted by Gasteiger charge is 2.38. The minimum Gasteiger partial charge on any atom is -0.369 e. The molecule has 140 valence electrons. The third-order valence-electron chi connectivity index (χ3n) is 5.79. The van der Waals surface area contributed by atoms with E-state index in [0.29, 0.717) is 48.1 Å². The first-order valence-electron chi connectivity index (χ1n) is 9.46. The van der Waals surface area contributed by atoms with Gasteiger partial charge in [0.2, 0.25) is 5.95 Å². The van der Waals surface area contributed by atoms with Crippen molar-refractivity contribution in [1.82, 2.24) is 30.3 Å². The first kappa shape index (κ1) is 17.2. The van der Waals surface area contributed by atoms with Gasteiger partial charge in [-0.15, -0.1) is 0 Å². The number of nitrogens with one attached hydrogen (secondary N) is 2. The normalized spacial score (nSPS) is 25.4. The number of carbonyl (C=O) groups excluding carboxylic acids is 1. The van der Waals surface area contributed by atoms with E-state index in [1.54, 1.807) is 17.2 Å². The summed E-state index contributed by atoms with van der Waals surface area (Å²) in [5, 5.41) is 0. The molecule has 2 aromatic heterocycles. The van der Waals surface area contributed by atoms with Crippen LogP contribution in [0.5, 0.6) is 0 Å². The Balaban J connectivity index is 1.49. The lowest BCUT2D eigenvalue weighted by atomic mass is 9.81. The van der Waals surface area contributed by atoms with Crippen molar-refractivity contribution in [3.63, 3.8) is 0 Å². The number of pyridine rings is 1. The molecule has 8 heteroatoms. The maximum absolute atomic E-state index is 12.9. The first-order valence-corrected chi connectivity index (χ1v) is 9.46. The van der Waals surface area contributed by atoms with E-state index in [9.17, 15) is 4.79 Å². The number of aryl methyl sites for hydroxylation is 1. The molecule has 0 bridgehead atoms. The van der Waals surface area contributed by atoms with Gasteiger partial charge in [0.25, 0.3) is 5.91 Å². The largest absolute Gasteiger partial charge is 0.369 e. The van der Waals surface area contributed by atoms with Gasteiger partial charge in [-0.3, -0.25) is 20.2 Å². The molecule has 26 heavy (non-hydrogen) atoms. The smallest absolute Gasteiger partial charge is 0.255 e. The molecule has 2 fully saturated rings. The van der Waals surface area contributed by atoms with Crippen LogP contribution in [0, 0.1) is 5.92 Å². The number of imidazole rings is 1. The van der Waals surface area contributed by atoms with Crippen LogP contribution in [-0.2, 0) is 6.54 Å². The van der Waals surface area contributed by atoms with E-state index < -0.39 is 0 Å². The Bertz CT molecular complexity index is 817. The minimum absolute atomic E-state index is 0.0370. The SMILES string of the molecule is CCn1c(N)nc2cc(C(=O)N(C)CC3NNC4CCCCC43)cnc21. The standard InChI is InChI=1S/C18H27N7O/c1-3-25-16-14(21-18(25)19)8-11(9-20-16)17(26)24(2)10-15-12-6-4-5-7-13(12)22-23-15/h8-9,12-13,15,22-23H,3-7,10H2,1-2H3,(H2,19,21). The molecule has 8 nitrogen and oxygen atoms in total. The molecule has 2 aromatic rings. The zero-order valence-corrected chi connectivity index (χ0v) is 15.4. The Morgan fingerprint density at radius 3 is 3.00 bits per heavy atom. The molecule has 1 saturated carbocycles. The highest BCUT2D eigenvalue weighted by atomic mass is 16.2. The van der Waals surface area contributed by atoms with E-state index in [4.69, 9.17) is 5.73 Å². The molecular formula is C18H27N7O. The summed E-state index contributed by atoms with van der Waals surface area (Å²) in [6, 6.07) is 2.62. The molecular weight excluding hydrogens is 330 g/mol. The molecule has 0 spiro atoms. The molecule has 3 atom stereocenters. The van der Waals surface area contributed by atoms with Crippen LogP contribution in [0.3, 0.4) is 0 Å². The molecule has 1 aliphatic heterocycles. The molecule has 4 N–H and O–H groups in total. The molecule has 1 amide bonds. The Hall–Kier alpha value is -2.19. The lowest BCUT2D eigenvalue weighted by Gasteiger charge is -2.29. The predicted molar refractivity (Wildman–Crippen MR) is 100 cm³/mol. The van der Waals surface area contributed by atoms with Crippen molar-refractivity contribution < 1.29 is 4.79 Å². The van der Waals surface area contributed by atoms with Crippen LogP contribution in [0.1, 0.15) is 43.0 Å². The first-order chi connectivity index (χ1) is 12.6. The average Bonchev–Trinajstić information content (AvgIpc) is 3.20. The van der Waals surface area contributed by atoms with Crippen molar-refractivity contribution in [2.24, 2.45) is 5.92 Å². The predicted octanol–water partition coefficient (Wildman–Crippen LogP) is 1.14. The maximum Gasteiger partial charge on any atom is 0.255 e. The molecule has 1 saturated heterocycles. The van der Waals surface area contributed by atoms with Gasteiger partial charge >= 0.3 is 0 Å². The zero-order chi connectivity index (χ0) is 18.3. The van der Waals surface area contributed by atoms with Crippen LogP contribution >= 0.6 is 0 Å². The molecule has 1 aliphatic carbocycles. The van der Waals surface area contributed by atoms with Crippen LogP contribution in [0.2, 0.25) is 0 Å². The summed E-state index contributed by atoms with van der Waals surface area (Å²) >= 11 is 0. The molecule has 0 radical (unpaired) electrons. The third kappa shape index (κ3) is 2.93. The Labute approximate surface area is 153 Å². The summed E-state index contributed by atoms with van der Waals surface area (Å²) in [7, 11) is 1.85. The lowest BCUT2D eigenvalue weighted by molar-refractivity contribution is 0.0772. The summed E-state index contributed by atoms with van der Waals surface area (Å²) in [4.78, 5) is 23.4. The average molecular weight is 357 g/mol. The minimum atomic E-state index is -0.0370. The Morgan fingerprint density at radius 1 is 1.38 bits per heavy atom. The number of hydrogen-bond donors (Lipinski definition) is 3. The quantitative estimate of drug-likeness (QED) is 0.759. The van der Waals surface area contributed by atoms with E-state index in [0.717, 1.165) is 5.65 Å². The van der Waals surface area contributed by atoms with Gasteiger partial charge < -0.3 is 10.6 Å². The number of nitrogens with zero attached hydrogens (tertiary/aromatic N) is 4. The van der Waals surface area contributed by atoms with Crippen LogP contribution < -0.4 is 16.6 Å². The second-order valence-corrected chi connectivity index (χ2v) is 7.42. The molecule has 2 aliphatic rings. The van der Waals surface area contributed by atoms with Crippen molar-refractivity contribution in [1.29, 1.82) is 0 Å². The van der Waals surface area contributed by atoms with E-state index in [1.165, 1.54) is 25.7 Å². The zero-order valence-electron chi connectivity index (χ0n) is 15.4. The van der Waals surface area contributed by atoms with Gasteiger partial charge in [-0.1, -0.05) is 12.8 Å². The number of aromatic nitrogens is 3. The van der Waals surface area contributed by atoms with E-state index in [-0.39, 0.29) is 5.91 Å². The highest BCUT2D eigenvalue weighted by molar-refractivity contribution is 5.96. The molecule has 4 rings (SSSR count). The number of hydrazine groups is 1. The number of rotatable bonds is 4. The summed E-state index contributed by atoms with van der Waals surface area (Å²) < 4.78 is 1.84. The van der Waals surface area contributed by atoms with Gasteiger partial charge in [-0.05, 0) is 31.7 Å². The Kier molecular flexibility index (Phi) is 4.54. The van der Waals surface area contributed by atoms with Crippen molar-refractivity contribution in [3.05, 3.63) is 17.8 Å². The molecule has 3 heterocycles. The Morgan fingerprint density at radius 2 is 2.19 bits per heavy atom. The van der Waals surface area contributed by atoms with Crippen molar-refractivity contribution in [3.8, 4) is 0 Å². The number of amides is 1. The van der Waals surface area contributed by atoms with Crippen LogP contribution in [0.4, 0.5) is 5.95 Å². The monoisotopic (exact) mass is 357 g/mol. The summed E-state index contributed by atoms with van der Waals surface area (Å²) in [5.74, 6) is 0.988. The van der Waals surface area contributed by atoms with Crippen molar-refractivity contribution in [2.75, 3.05) is 19.3 Å². The number of likely N-dealkylation sites (N-methyl/N-ethyl adjacent to an activating group) is 1. The van der Waals surface area contributed by atoms with Gasteiger partial charge in [0.05, 0.1) is 5.56 Å². The van der Waals surface area contributed by atoms with Gasteiger partial charge in [0.15, 0.2) is 5.65 Å². The fourth-order valence-electron chi connectivity index (χ4n) is 4.38. The van der Waals surface area contributed by atoms with Gasteiger partial charge in [-0.25, -0.2) is 9.97 Å². The topological polar surface area (TPSA) is 101 Å². The maximum atomic E-state index is 12.9. The van der Waals surface area contributed by atoms with Crippen molar-refractivity contribution >= 4 is 23.0 Å². The number of fused-ring (bicyclic) bond motifs is 2. The van der Waals surface area contributed by atoms with E-state index in [1.807, 2.05) is 18.5 Å². The summed E-state index contributed by atoms with van der Waals surface area (Å²) in [6.45, 7) is 3.37. The van der Waals surface area contributed by atoms with Crippen LogP contribution in [-0.4, -0.2) is 51.0 Å². The highest BCUT2D eigenvalue weighted by Crippen LogP contribution is 2.30. The fourth-order valence-corrected chi connectivity index (χ4v) is 4.38. The number of nitrogen functional groups attached to an aromatic ring is 1. The van der Waals surface area contributed by atoms with Gasteiger partial charge in [0, 0.05) is 38.4 Å². The lowest BCUT2D eigenvalue weighted by Crippen LogP contribution is -2.43. The molecule has 0 aromatic carbocycles. The van der Waals surface area contributed by atoms with Gasteiger partial charge in [0.1, 0.15) is 5.52 Å². The second-order valence-electron chi connectivity index (χ2n) is 7.42. The van der Waals surface area contributed by atoms with E-state index in [2.05, 4.69) is 20.8 Å². The third-order valence-corrected chi connectivity index (χ3v) is 5.79. The van der Waals surface area contributed by atoms with Gasteiger partial charge in [-0.2, -0.15) is 0 Å². The van der Waals surface area contributed by atoms with Crippen LogP contribution in [0.25, 0.3) is 11.2 Å². The number of carbonyl (C=O) groups is 1.